The van der Waals surface area contributed by atoms with E-state index in [0.29, 0.717) is 12.5 Å². The van der Waals surface area contributed by atoms with Crippen LogP contribution < -0.4 is 5.32 Å². The first-order valence-corrected chi connectivity index (χ1v) is 4.76. The van der Waals surface area contributed by atoms with Gasteiger partial charge in [-0.1, -0.05) is 13.8 Å². The first-order valence-electron chi connectivity index (χ1n) is 4.76. The van der Waals surface area contributed by atoms with Gasteiger partial charge in [0.25, 0.3) is 0 Å². The predicted molar refractivity (Wildman–Crippen MR) is 49.8 cm³/mol. The monoisotopic (exact) mass is 167 g/mol. The number of hydrogen-bond donors (Lipinski definition) is 1. The van der Waals surface area contributed by atoms with Gasteiger partial charge in [0.05, 0.1) is 0 Å². The van der Waals surface area contributed by atoms with E-state index in [1.165, 1.54) is 0 Å². The molecule has 1 aliphatic carbocycles. The second kappa shape index (κ2) is 4.29. The molecular formula is C10H17NO. The van der Waals surface area contributed by atoms with E-state index in [4.69, 9.17) is 0 Å². The van der Waals surface area contributed by atoms with Gasteiger partial charge in [0.1, 0.15) is 0 Å². The lowest BCUT2D eigenvalue weighted by atomic mass is 10.1. The topological polar surface area (TPSA) is 29.1 Å². The summed E-state index contributed by atoms with van der Waals surface area (Å²) in [6.45, 7) is 4.33. The lowest BCUT2D eigenvalue weighted by molar-refractivity contribution is -0.114. The van der Waals surface area contributed by atoms with Crippen LogP contribution in [0.1, 0.15) is 39.5 Å². The zero-order chi connectivity index (χ0) is 8.97. The van der Waals surface area contributed by atoms with Crippen molar-refractivity contribution in [1.82, 2.24) is 5.32 Å². The van der Waals surface area contributed by atoms with Crippen LogP contribution in [-0.4, -0.2) is 11.8 Å². The van der Waals surface area contributed by atoms with Crippen molar-refractivity contribution >= 4 is 5.78 Å². The SMILES string of the molecule is CCC(CC)NC1=CC(=O)CC1. The third-order valence-corrected chi connectivity index (χ3v) is 2.35. The molecule has 68 valence electrons. The fraction of sp³-hybridized carbons (Fsp3) is 0.700. The molecule has 0 spiro atoms. The van der Waals surface area contributed by atoms with Crippen molar-refractivity contribution in [2.75, 3.05) is 0 Å². The summed E-state index contributed by atoms with van der Waals surface area (Å²) in [4.78, 5) is 10.9. The van der Waals surface area contributed by atoms with Gasteiger partial charge in [0, 0.05) is 24.2 Å². The van der Waals surface area contributed by atoms with Crippen LogP contribution in [0.25, 0.3) is 0 Å². The molecule has 0 unspecified atom stereocenters. The molecule has 0 saturated carbocycles. The summed E-state index contributed by atoms with van der Waals surface area (Å²) in [6.07, 6.45) is 5.61. The number of allylic oxidation sites excluding steroid dienone is 2. The summed E-state index contributed by atoms with van der Waals surface area (Å²) in [5.41, 5.74) is 1.13. The Hall–Kier alpha value is -0.790. The summed E-state index contributed by atoms with van der Waals surface area (Å²) in [7, 11) is 0. The maximum atomic E-state index is 10.9. The van der Waals surface area contributed by atoms with Gasteiger partial charge in [-0.2, -0.15) is 0 Å². The summed E-state index contributed by atoms with van der Waals surface area (Å²) in [6, 6.07) is 0.544. The van der Waals surface area contributed by atoms with Gasteiger partial charge in [-0.15, -0.1) is 0 Å². The number of rotatable bonds is 4. The number of nitrogens with one attached hydrogen (secondary N) is 1. The van der Waals surface area contributed by atoms with Crippen LogP contribution in [0.15, 0.2) is 11.8 Å². The molecule has 0 amide bonds. The smallest absolute Gasteiger partial charge is 0.157 e. The number of carbonyl (C=O) groups is 1. The lowest BCUT2D eigenvalue weighted by Gasteiger charge is -2.16. The molecule has 0 aromatic heterocycles. The van der Waals surface area contributed by atoms with Crippen molar-refractivity contribution < 1.29 is 4.79 Å². The molecule has 0 bridgehead atoms. The fourth-order valence-corrected chi connectivity index (χ4v) is 1.47. The predicted octanol–water partition coefficient (Wildman–Crippen LogP) is 2.01. The van der Waals surface area contributed by atoms with Crippen molar-refractivity contribution in [1.29, 1.82) is 0 Å². The van der Waals surface area contributed by atoms with Gasteiger partial charge in [-0.05, 0) is 19.3 Å². The van der Waals surface area contributed by atoms with Crippen LogP contribution >= 0.6 is 0 Å². The highest BCUT2D eigenvalue weighted by molar-refractivity contribution is 5.92. The van der Waals surface area contributed by atoms with Gasteiger partial charge in [-0.25, -0.2) is 0 Å². The minimum atomic E-state index is 0.267. The minimum Gasteiger partial charge on any atom is -0.386 e. The molecule has 1 rings (SSSR count). The summed E-state index contributed by atoms with van der Waals surface area (Å²) < 4.78 is 0. The maximum Gasteiger partial charge on any atom is 0.157 e. The van der Waals surface area contributed by atoms with E-state index < -0.39 is 0 Å². The molecule has 0 heterocycles. The van der Waals surface area contributed by atoms with Crippen LogP contribution in [0.4, 0.5) is 0 Å². The molecule has 0 radical (unpaired) electrons. The van der Waals surface area contributed by atoms with Crippen LogP contribution in [-0.2, 0) is 4.79 Å². The van der Waals surface area contributed by atoms with Crippen molar-refractivity contribution in [2.45, 2.75) is 45.6 Å². The number of hydrogen-bond acceptors (Lipinski definition) is 2. The molecule has 0 fully saturated rings. The second-order valence-electron chi connectivity index (χ2n) is 3.29. The Morgan fingerprint density at radius 3 is 2.50 bits per heavy atom. The van der Waals surface area contributed by atoms with E-state index in [-0.39, 0.29) is 5.78 Å². The van der Waals surface area contributed by atoms with E-state index in [2.05, 4.69) is 19.2 Å². The van der Waals surface area contributed by atoms with Crippen molar-refractivity contribution in [3.8, 4) is 0 Å². The zero-order valence-corrected chi connectivity index (χ0v) is 7.89. The molecule has 0 aliphatic heterocycles. The average Bonchev–Trinajstić information content (AvgIpc) is 2.47. The van der Waals surface area contributed by atoms with Crippen molar-refractivity contribution in [2.24, 2.45) is 0 Å². The summed E-state index contributed by atoms with van der Waals surface area (Å²) in [5.74, 6) is 0.267. The van der Waals surface area contributed by atoms with Crippen LogP contribution in [0, 0.1) is 0 Å². The molecular weight excluding hydrogens is 150 g/mol. The van der Waals surface area contributed by atoms with Crippen molar-refractivity contribution in [3.05, 3.63) is 11.8 Å². The van der Waals surface area contributed by atoms with E-state index in [1.807, 2.05) is 0 Å². The second-order valence-corrected chi connectivity index (χ2v) is 3.29. The third-order valence-electron chi connectivity index (χ3n) is 2.35. The van der Waals surface area contributed by atoms with Gasteiger partial charge < -0.3 is 5.32 Å². The highest BCUT2D eigenvalue weighted by Gasteiger charge is 2.13. The average molecular weight is 167 g/mol. The van der Waals surface area contributed by atoms with E-state index >= 15 is 0 Å². The minimum absolute atomic E-state index is 0.267. The Bertz CT molecular complexity index is 192. The molecule has 0 atom stereocenters. The molecule has 2 nitrogen and oxygen atoms in total. The Morgan fingerprint density at radius 1 is 1.42 bits per heavy atom. The summed E-state index contributed by atoms with van der Waals surface area (Å²) >= 11 is 0. The molecule has 12 heavy (non-hydrogen) atoms. The molecule has 0 aromatic carbocycles. The molecule has 1 N–H and O–H groups in total. The lowest BCUT2D eigenvalue weighted by Crippen LogP contribution is -2.26. The van der Waals surface area contributed by atoms with E-state index in [9.17, 15) is 4.79 Å². The number of ketones is 1. The molecule has 0 saturated heterocycles. The normalized spacial score (nSPS) is 16.9. The van der Waals surface area contributed by atoms with Gasteiger partial charge in [-0.3, -0.25) is 4.79 Å². The molecule has 0 aromatic rings. The fourth-order valence-electron chi connectivity index (χ4n) is 1.47. The van der Waals surface area contributed by atoms with Crippen molar-refractivity contribution in [3.63, 3.8) is 0 Å². The number of carbonyl (C=O) groups excluding carboxylic acids is 1. The quantitative estimate of drug-likeness (QED) is 0.694. The van der Waals surface area contributed by atoms with Crippen LogP contribution in [0.3, 0.4) is 0 Å². The van der Waals surface area contributed by atoms with Gasteiger partial charge in [0.15, 0.2) is 5.78 Å². The highest BCUT2D eigenvalue weighted by Crippen LogP contribution is 2.13. The third kappa shape index (κ3) is 2.36. The Labute approximate surface area is 74.0 Å². The Morgan fingerprint density at radius 2 is 2.08 bits per heavy atom. The zero-order valence-electron chi connectivity index (χ0n) is 7.89. The first-order chi connectivity index (χ1) is 5.76. The molecule has 1 aliphatic rings. The van der Waals surface area contributed by atoms with Gasteiger partial charge in [0.2, 0.25) is 0 Å². The maximum absolute atomic E-state index is 10.9. The Balaban J connectivity index is 2.40. The summed E-state index contributed by atoms with van der Waals surface area (Å²) in [5, 5.41) is 3.39. The molecule has 2 heteroatoms. The van der Waals surface area contributed by atoms with Gasteiger partial charge >= 0.3 is 0 Å². The first kappa shape index (κ1) is 9.30. The highest BCUT2D eigenvalue weighted by atomic mass is 16.1. The standard InChI is InChI=1S/C10H17NO/c1-3-8(4-2)11-9-5-6-10(12)7-9/h7-8,11H,3-6H2,1-2H3. The Kier molecular flexibility index (Phi) is 3.32. The van der Waals surface area contributed by atoms with Crippen LogP contribution in [0.5, 0.6) is 0 Å². The van der Waals surface area contributed by atoms with E-state index in [1.54, 1.807) is 6.08 Å². The van der Waals surface area contributed by atoms with E-state index in [0.717, 1.165) is 25.0 Å². The van der Waals surface area contributed by atoms with Crippen LogP contribution in [0.2, 0.25) is 0 Å². The largest absolute Gasteiger partial charge is 0.386 e.